The second-order valence-electron chi connectivity index (χ2n) is 6.85. The number of esters is 1. The minimum absolute atomic E-state index is 0.324. The van der Waals surface area contributed by atoms with E-state index in [2.05, 4.69) is 20.6 Å². The van der Waals surface area contributed by atoms with E-state index < -0.39 is 7.12 Å². The van der Waals surface area contributed by atoms with Crippen LogP contribution in [0.25, 0.3) is 0 Å². The number of nitrogens with zero attached hydrogens (tertiary/aromatic N) is 2. The fraction of sp³-hybridized carbons (Fsp3) is 0.190. The summed E-state index contributed by atoms with van der Waals surface area (Å²) in [7, 11) is -0.870. The van der Waals surface area contributed by atoms with Gasteiger partial charge in [-0.3, -0.25) is 0 Å². The van der Waals surface area contributed by atoms with Crippen molar-refractivity contribution in [1.82, 2.24) is 9.97 Å². The van der Waals surface area contributed by atoms with E-state index in [1.54, 1.807) is 31.3 Å². The quantitative estimate of drug-likeness (QED) is 0.426. The molecular weight excluding hydrogens is 383 g/mol. The lowest BCUT2D eigenvalue weighted by Gasteiger charge is -2.12. The zero-order chi connectivity index (χ0) is 21.1. The van der Waals surface area contributed by atoms with Gasteiger partial charge in [-0.1, -0.05) is 12.1 Å². The zero-order valence-corrected chi connectivity index (χ0v) is 16.7. The molecule has 0 bridgehead atoms. The third kappa shape index (κ3) is 4.27. The molecule has 0 radical (unpaired) electrons. The van der Waals surface area contributed by atoms with Crippen LogP contribution >= 0.6 is 0 Å². The Kier molecular flexibility index (Phi) is 5.64. The van der Waals surface area contributed by atoms with Crippen LogP contribution in [0.3, 0.4) is 0 Å². The molecule has 8 nitrogen and oxygen atoms in total. The lowest BCUT2D eigenvalue weighted by Crippen LogP contribution is -2.27. The van der Waals surface area contributed by atoms with Crippen LogP contribution < -0.4 is 16.1 Å². The zero-order valence-electron chi connectivity index (χ0n) is 16.7. The van der Waals surface area contributed by atoms with Gasteiger partial charge in [0.25, 0.3) is 0 Å². The molecule has 1 aliphatic rings. The maximum atomic E-state index is 12.0. The monoisotopic (exact) mass is 404 g/mol. The molecular formula is C21H21BN4O4. The maximum Gasteiger partial charge on any atom is 0.491 e. The summed E-state index contributed by atoms with van der Waals surface area (Å²) in [5.74, 6) is 0.672. The Bertz CT molecular complexity index is 1090. The van der Waals surface area contributed by atoms with Crippen LogP contribution in [0.2, 0.25) is 0 Å². The van der Waals surface area contributed by atoms with Crippen molar-refractivity contribution in [3.63, 3.8) is 0 Å². The lowest BCUT2D eigenvalue weighted by molar-refractivity contribution is 0.0526. The van der Waals surface area contributed by atoms with Crippen LogP contribution in [0.5, 0.6) is 0 Å². The predicted molar refractivity (Wildman–Crippen MR) is 115 cm³/mol. The second kappa shape index (κ2) is 8.52. The van der Waals surface area contributed by atoms with Gasteiger partial charge in [0.15, 0.2) is 0 Å². The molecule has 0 atom stereocenters. The first-order chi connectivity index (χ1) is 14.5. The Labute approximate surface area is 174 Å². The van der Waals surface area contributed by atoms with Crippen molar-refractivity contribution in [3.05, 3.63) is 65.4 Å². The van der Waals surface area contributed by atoms with Crippen molar-refractivity contribution in [1.29, 1.82) is 0 Å². The number of carbonyl (C=O) groups is 1. The molecule has 2 heterocycles. The number of rotatable bonds is 6. The summed E-state index contributed by atoms with van der Waals surface area (Å²) in [6, 6.07) is 12.6. The SMILES string of the molecule is CCOC(=O)c1cccc(Nc2nc(Nc3ccc4c(c3)COB4O)ncc2C)c1. The number of hydrogen-bond acceptors (Lipinski definition) is 8. The molecule has 1 aromatic heterocycles. The summed E-state index contributed by atoms with van der Waals surface area (Å²) in [5, 5.41) is 16.2. The highest BCUT2D eigenvalue weighted by Crippen LogP contribution is 2.23. The van der Waals surface area contributed by atoms with Crippen molar-refractivity contribution >= 4 is 41.7 Å². The number of carbonyl (C=O) groups excluding carboxylic acids is 1. The van der Waals surface area contributed by atoms with Crippen LogP contribution in [0.1, 0.15) is 28.4 Å². The highest BCUT2D eigenvalue weighted by atomic mass is 16.5. The third-order valence-corrected chi connectivity index (χ3v) is 4.67. The Balaban J connectivity index is 1.53. The van der Waals surface area contributed by atoms with Gasteiger partial charge in [-0.15, -0.1) is 0 Å². The molecule has 0 unspecified atom stereocenters. The van der Waals surface area contributed by atoms with Crippen molar-refractivity contribution < 1.29 is 19.2 Å². The fourth-order valence-electron chi connectivity index (χ4n) is 3.14. The predicted octanol–water partition coefficient (Wildman–Crippen LogP) is 2.67. The van der Waals surface area contributed by atoms with Gasteiger partial charge >= 0.3 is 13.1 Å². The molecule has 2 aromatic carbocycles. The molecule has 0 fully saturated rings. The fourth-order valence-corrected chi connectivity index (χ4v) is 3.14. The summed E-state index contributed by atoms with van der Waals surface area (Å²) in [4.78, 5) is 20.9. The minimum Gasteiger partial charge on any atom is -0.462 e. The minimum atomic E-state index is -0.870. The Morgan fingerprint density at radius 3 is 2.90 bits per heavy atom. The number of fused-ring (bicyclic) bond motifs is 1. The van der Waals surface area contributed by atoms with E-state index in [0.717, 1.165) is 28.0 Å². The average Bonchev–Trinajstić information content (AvgIpc) is 3.11. The first kappa shape index (κ1) is 19.9. The Hall–Kier alpha value is -3.43. The van der Waals surface area contributed by atoms with E-state index in [9.17, 15) is 9.82 Å². The van der Waals surface area contributed by atoms with Gasteiger partial charge < -0.3 is 25.0 Å². The molecule has 0 saturated carbocycles. The van der Waals surface area contributed by atoms with E-state index in [0.29, 0.717) is 30.5 Å². The normalized spacial score (nSPS) is 12.4. The van der Waals surface area contributed by atoms with Crippen LogP contribution in [-0.2, 0) is 16.0 Å². The average molecular weight is 404 g/mol. The number of ether oxygens (including phenoxy) is 1. The topological polar surface area (TPSA) is 106 Å². The van der Waals surface area contributed by atoms with Gasteiger partial charge in [-0.05, 0) is 55.2 Å². The number of nitrogens with one attached hydrogen (secondary N) is 2. The largest absolute Gasteiger partial charge is 0.491 e. The van der Waals surface area contributed by atoms with Crippen molar-refractivity contribution in [2.45, 2.75) is 20.5 Å². The molecule has 1 aliphatic heterocycles. The number of aromatic nitrogens is 2. The van der Waals surface area contributed by atoms with Gasteiger partial charge in [0.2, 0.25) is 5.95 Å². The lowest BCUT2D eigenvalue weighted by atomic mass is 9.79. The highest BCUT2D eigenvalue weighted by molar-refractivity contribution is 6.61. The van der Waals surface area contributed by atoms with Gasteiger partial charge in [-0.2, -0.15) is 4.98 Å². The summed E-state index contributed by atoms with van der Waals surface area (Å²) < 4.78 is 10.3. The standard InChI is InChI=1S/C21H21BN4O4/c1-3-29-20(27)14-5-4-6-16(9-14)24-19-13(2)11-23-21(26-19)25-17-7-8-18-15(10-17)12-30-22(18)28/h4-11,28H,3,12H2,1-2H3,(H2,23,24,25,26). The molecule has 3 N–H and O–H groups in total. The maximum absolute atomic E-state index is 12.0. The Morgan fingerprint density at radius 2 is 2.07 bits per heavy atom. The van der Waals surface area contributed by atoms with E-state index >= 15 is 0 Å². The van der Waals surface area contributed by atoms with E-state index in [1.165, 1.54) is 0 Å². The molecule has 9 heteroatoms. The van der Waals surface area contributed by atoms with Crippen LogP contribution in [0.15, 0.2) is 48.7 Å². The van der Waals surface area contributed by atoms with Crippen LogP contribution in [0.4, 0.5) is 23.1 Å². The molecule has 4 rings (SSSR count). The summed E-state index contributed by atoms with van der Waals surface area (Å²) in [5.41, 5.74) is 4.53. The third-order valence-electron chi connectivity index (χ3n) is 4.67. The highest BCUT2D eigenvalue weighted by Gasteiger charge is 2.27. The van der Waals surface area contributed by atoms with E-state index in [4.69, 9.17) is 9.39 Å². The van der Waals surface area contributed by atoms with E-state index in [1.807, 2.05) is 31.2 Å². The van der Waals surface area contributed by atoms with Gasteiger partial charge in [0.05, 0.1) is 18.8 Å². The number of hydrogen-bond donors (Lipinski definition) is 3. The summed E-state index contributed by atoms with van der Waals surface area (Å²) in [6.45, 7) is 4.36. The number of benzene rings is 2. The molecule has 3 aromatic rings. The van der Waals surface area contributed by atoms with Crippen molar-refractivity contribution in [2.24, 2.45) is 0 Å². The summed E-state index contributed by atoms with van der Waals surface area (Å²) >= 11 is 0. The van der Waals surface area contributed by atoms with Gasteiger partial charge in [0, 0.05) is 23.1 Å². The van der Waals surface area contributed by atoms with Gasteiger partial charge in [0.1, 0.15) is 5.82 Å². The Morgan fingerprint density at radius 1 is 1.23 bits per heavy atom. The number of anilines is 4. The second-order valence-corrected chi connectivity index (χ2v) is 6.85. The van der Waals surface area contributed by atoms with Crippen molar-refractivity contribution in [3.8, 4) is 0 Å². The first-order valence-corrected chi connectivity index (χ1v) is 9.61. The molecule has 30 heavy (non-hydrogen) atoms. The van der Waals surface area contributed by atoms with E-state index in [-0.39, 0.29) is 5.97 Å². The molecule has 152 valence electrons. The molecule has 0 saturated heterocycles. The smallest absolute Gasteiger partial charge is 0.462 e. The number of aryl methyl sites for hydroxylation is 1. The summed E-state index contributed by atoms with van der Waals surface area (Å²) in [6.07, 6.45) is 1.72. The van der Waals surface area contributed by atoms with Crippen LogP contribution in [0, 0.1) is 6.92 Å². The van der Waals surface area contributed by atoms with Crippen molar-refractivity contribution in [2.75, 3.05) is 17.2 Å². The molecule has 0 amide bonds. The first-order valence-electron chi connectivity index (χ1n) is 9.61. The van der Waals surface area contributed by atoms with Gasteiger partial charge in [-0.25, -0.2) is 9.78 Å². The molecule has 0 spiro atoms. The molecule has 0 aliphatic carbocycles. The van der Waals surface area contributed by atoms with Crippen LogP contribution in [-0.4, -0.2) is 34.7 Å².